The maximum absolute atomic E-state index is 9.74. The van der Waals surface area contributed by atoms with Crippen molar-refractivity contribution in [2.24, 2.45) is 0 Å². The highest BCUT2D eigenvalue weighted by Gasteiger charge is 2.23. The van der Waals surface area contributed by atoms with E-state index in [0.717, 1.165) is 49.6 Å². The molecule has 142 valence electrons. The summed E-state index contributed by atoms with van der Waals surface area (Å²) in [5.41, 5.74) is 0. The first-order valence-electron chi connectivity index (χ1n) is 9.82. The van der Waals surface area contributed by atoms with Gasteiger partial charge in [0.25, 0.3) is 0 Å². The highest BCUT2D eigenvalue weighted by molar-refractivity contribution is 7.71. The molecule has 1 saturated carbocycles. The second-order valence-electron chi connectivity index (χ2n) is 7.61. The van der Waals surface area contributed by atoms with Gasteiger partial charge in [0.15, 0.2) is 4.77 Å². The lowest BCUT2D eigenvalue weighted by Crippen LogP contribution is -2.37. The topological polar surface area (TPSA) is 46.2 Å². The molecule has 3 heterocycles. The summed E-state index contributed by atoms with van der Waals surface area (Å²) < 4.78 is 5.24. The van der Waals surface area contributed by atoms with E-state index in [9.17, 15) is 5.11 Å². The van der Waals surface area contributed by atoms with Crippen LogP contribution in [0.4, 0.5) is 0 Å². The van der Waals surface area contributed by atoms with Gasteiger partial charge in [-0.25, -0.2) is 4.68 Å². The van der Waals surface area contributed by atoms with Crippen molar-refractivity contribution in [1.29, 1.82) is 0 Å². The zero-order valence-electron chi connectivity index (χ0n) is 15.2. The minimum absolute atomic E-state index is 0.145. The molecule has 1 aliphatic carbocycles. The molecule has 0 aromatic carbocycles. The zero-order chi connectivity index (χ0) is 17.9. The van der Waals surface area contributed by atoms with Gasteiger partial charge in [0, 0.05) is 30.4 Å². The second kappa shape index (κ2) is 8.33. The van der Waals surface area contributed by atoms with E-state index in [2.05, 4.69) is 27.0 Å². The number of aliphatic hydroxyl groups excluding tert-OH is 1. The third-order valence-electron chi connectivity index (χ3n) is 5.68. The second-order valence-corrected chi connectivity index (χ2v) is 9.00. The Morgan fingerprint density at radius 3 is 2.62 bits per heavy atom. The molecule has 0 amide bonds. The lowest BCUT2D eigenvalue weighted by Gasteiger charge is -2.29. The van der Waals surface area contributed by atoms with Crippen LogP contribution < -0.4 is 0 Å². The van der Waals surface area contributed by atoms with E-state index in [4.69, 9.17) is 17.3 Å². The molecule has 1 N–H and O–H groups in total. The van der Waals surface area contributed by atoms with Crippen LogP contribution >= 0.6 is 23.6 Å². The SMILES string of the molecule is OC1CCN(Cn2nc(Cc3cccs3)n(C3CCCCC3)c2=S)CC1. The van der Waals surface area contributed by atoms with Gasteiger partial charge in [0.05, 0.1) is 12.8 Å². The van der Waals surface area contributed by atoms with Crippen molar-refractivity contribution in [2.45, 2.75) is 70.2 Å². The first-order valence-corrected chi connectivity index (χ1v) is 11.1. The highest BCUT2D eigenvalue weighted by Crippen LogP contribution is 2.30. The Morgan fingerprint density at radius 2 is 1.92 bits per heavy atom. The molecule has 2 aromatic rings. The Balaban J connectivity index is 1.59. The quantitative estimate of drug-likeness (QED) is 0.782. The molecule has 0 unspecified atom stereocenters. The molecule has 0 spiro atoms. The van der Waals surface area contributed by atoms with Gasteiger partial charge >= 0.3 is 0 Å². The Kier molecular flexibility index (Phi) is 5.88. The fourth-order valence-corrected chi connectivity index (χ4v) is 5.26. The molecular formula is C19H28N4OS2. The molecule has 1 aliphatic heterocycles. The number of thiophene rings is 1. The van der Waals surface area contributed by atoms with Crippen LogP contribution in [0.2, 0.25) is 0 Å². The molecular weight excluding hydrogens is 364 g/mol. The van der Waals surface area contributed by atoms with E-state index in [1.54, 1.807) is 11.3 Å². The van der Waals surface area contributed by atoms with Crippen LogP contribution in [0.25, 0.3) is 0 Å². The van der Waals surface area contributed by atoms with Crippen molar-refractivity contribution in [3.63, 3.8) is 0 Å². The van der Waals surface area contributed by atoms with E-state index < -0.39 is 0 Å². The Hall–Kier alpha value is -1.02. The van der Waals surface area contributed by atoms with E-state index >= 15 is 0 Å². The summed E-state index contributed by atoms with van der Waals surface area (Å²) in [6, 6.07) is 4.79. The van der Waals surface area contributed by atoms with Crippen molar-refractivity contribution < 1.29 is 5.11 Å². The fraction of sp³-hybridized carbons (Fsp3) is 0.684. The third-order valence-corrected chi connectivity index (χ3v) is 6.97. The maximum Gasteiger partial charge on any atom is 0.199 e. The van der Waals surface area contributed by atoms with Crippen molar-refractivity contribution in [2.75, 3.05) is 13.1 Å². The molecule has 2 aliphatic rings. The Morgan fingerprint density at radius 1 is 1.15 bits per heavy atom. The minimum Gasteiger partial charge on any atom is -0.393 e. The average Bonchev–Trinajstić information content (AvgIpc) is 3.27. The minimum atomic E-state index is -0.145. The zero-order valence-corrected chi connectivity index (χ0v) is 16.9. The van der Waals surface area contributed by atoms with Crippen LogP contribution in [-0.2, 0) is 13.1 Å². The first kappa shape index (κ1) is 18.3. The highest BCUT2D eigenvalue weighted by atomic mass is 32.1. The van der Waals surface area contributed by atoms with Crippen molar-refractivity contribution in [3.8, 4) is 0 Å². The lowest BCUT2D eigenvalue weighted by molar-refractivity contribution is 0.0649. The number of aliphatic hydroxyl groups is 1. The van der Waals surface area contributed by atoms with Gasteiger partial charge in [-0.2, -0.15) is 5.10 Å². The summed E-state index contributed by atoms with van der Waals surface area (Å²) in [5.74, 6) is 1.11. The number of piperidine rings is 1. The average molecular weight is 393 g/mol. The van der Waals surface area contributed by atoms with Crippen LogP contribution in [0.3, 0.4) is 0 Å². The Labute approximate surface area is 164 Å². The van der Waals surface area contributed by atoms with Crippen molar-refractivity contribution >= 4 is 23.6 Å². The first-order chi connectivity index (χ1) is 12.7. The van der Waals surface area contributed by atoms with Crippen molar-refractivity contribution in [3.05, 3.63) is 33.0 Å². The molecule has 7 heteroatoms. The summed E-state index contributed by atoms with van der Waals surface area (Å²) in [4.78, 5) is 3.70. The predicted octanol–water partition coefficient (Wildman–Crippen LogP) is 3.99. The molecule has 0 atom stereocenters. The maximum atomic E-state index is 9.74. The molecule has 0 radical (unpaired) electrons. The molecule has 2 fully saturated rings. The summed E-state index contributed by atoms with van der Waals surface area (Å²) in [7, 11) is 0. The molecule has 1 saturated heterocycles. The van der Waals surface area contributed by atoms with E-state index in [1.807, 2.05) is 4.68 Å². The normalized spacial score (nSPS) is 20.7. The van der Waals surface area contributed by atoms with E-state index in [0.29, 0.717) is 6.04 Å². The van der Waals surface area contributed by atoms with E-state index in [-0.39, 0.29) is 6.10 Å². The molecule has 4 rings (SSSR count). The van der Waals surface area contributed by atoms with Crippen LogP contribution in [0, 0.1) is 4.77 Å². The summed E-state index contributed by atoms with van der Waals surface area (Å²) >= 11 is 7.66. The van der Waals surface area contributed by atoms with Gasteiger partial charge in [-0.05, 0) is 49.3 Å². The molecule has 2 aromatic heterocycles. The number of aromatic nitrogens is 3. The number of hydrogen-bond donors (Lipinski definition) is 1. The standard InChI is InChI=1S/C19H28N4OS2/c24-16-8-10-21(11-9-16)14-22-19(25)23(15-5-2-1-3-6-15)18(20-22)13-17-7-4-12-26-17/h4,7,12,15-16,24H,1-3,5-6,8-11,13-14H2. The number of rotatable bonds is 5. The van der Waals surface area contributed by atoms with Gasteiger partial charge < -0.3 is 9.67 Å². The van der Waals surface area contributed by atoms with Crippen LogP contribution in [0.15, 0.2) is 17.5 Å². The molecule has 0 bridgehead atoms. The van der Waals surface area contributed by atoms with E-state index in [1.165, 1.54) is 37.0 Å². The van der Waals surface area contributed by atoms with Crippen molar-refractivity contribution in [1.82, 2.24) is 19.2 Å². The third kappa shape index (κ3) is 4.11. The fourth-order valence-electron chi connectivity index (χ4n) is 4.20. The van der Waals surface area contributed by atoms with Gasteiger partial charge in [0.2, 0.25) is 0 Å². The number of likely N-dealkylation sites (tertiary alicyclic amines) is 1. The van der Waals surface area contributed by atoms with Gasteiger partial charge in [-0.3, -0.25) is 4.90 Å². The van der Waals surface area contributed by atoms with Crippen LogP contribution in [-0.4, -0.2) is 43.5 Å². The number of hydrogen-bond acceptors (Lipinski definition) is 5. The molecule has 5 nitrogen and oxygen atoms in total. The van der Waals surface area contributed by atoms with Crippen LogP contribution in [0.5, 0.6) is 0 Å². The summed E-state index contributed by atoms with van der Waals surface area (Å²) in [6.45, 7) is 2.57. The van der Waals surface area contributed by atoms with Crippen LogP contribution in [0.1, 0.15) is 61.7 Å². The summed E-state index contributed by atoms with van der Waals surface area (Å²) in [5, 5.41) is 16.8. The number of nitrogens with zero attached hydrogens (tertiary/aromatic N) is 4. The molecule has 26 heavy (non-hydrogen) atoms. The monoisotopic (exact) mass is 392 g/mol. The predicted molar refractivity (Wildman–Crippen MR) is 107 cm³/mol. The van der Waals surface area contributed by atoms with Gasteiger partial charge in [-0.1, -0.05) is 25.3 Å². The van der Waals surface area contributed by atoms with Gasteiger partial charge in [-0.15, -0.1) is 11.3 Å². The smallest absolute Gasteiger partial charge is 0.199 e. The van der Waals surface area contributed by atoms with Gasteiger partial charge in [0.1, 0.15) is 5.82 Å². The largest absolute Gasteiger partial charge is 0.393 e. The Bertz CT molecular complexity index is 753. The summed E-state index contributed by atoms with van der Waals surface area (Å²) in [6.07, 6.45) is 8.77. The lowest BCUT2D eigenvalue weighted by atomic mass is 9.95.